The molecule has 0 N–H and O–H groups in total. The van der Waals surface area contributed by atoms with Crippen LogP contribution in [-0.4, -0.2) is 99.5 Å². The van der Waals surface area contributed by atoms with Crippen molar-refractivity contribution in [2.45, 2.75) is 127 Å². The summed E-state index contributed by atoms with van der Waals surface area (Å²) in [6.07, 6.45) is 4.91. The maximum Gasteiger partial charge on any atom is 0.272 e. The number of hydrogen-bond donors (Lipinski definition) is 0. The van der Waals surface area contributed by atoms with Crippen molar-refractivity contribution in [1.82, 2.24) is 20.2 Å². The van der Waals surface area contributed by atoms with Crippen molar-refractivity contribution in [3.8, 4) is 5.69 Å². The predicted octanol–water partition coefficient (Wildman–Crippen LogP) is 5.49. The lowest BCUT2D eigenvalue weighted by Crippen LogP contribution is -2.51. The lowest BCUT2D eigenvalue weighted by Gasteiger charge is -2.42. The first-order valence-corrected chi connectivity index (χ1v) is 21.1. The minimum absolute atomic E-state index is 0.105. The zero-order valence-electron chi connectivity index (χ0n) is 29.4. The summed E-state index contributed by atoms with van der Waals surface area (Å²) in [5, 5.41) is 11.4. The van der Waals surface area contributed by atoms with Gasteiger partial charge in [-0.25, -0.2) is 8.42 Å². The first kappa shape index (κ1) is 37.8. The molecule has 2 fully saturated rings. The molecule has 264 valence electrons. The highest BCUT2D eigenvalue weighted by Crippen LogP contribution is 2.39. The smallest absolute Gasteiger partial charge is 0.272 e. The Morgan fingerprint density at radius 3 is 2.55 bits per heavy atom. The molecule has 12 nitrogen and oxygen atoms in total. The largest absolute Gasteiger partial charge is 0.417 e. The number of rotatable bonds is 15. The van der Waals surface area contributed by atoms with Gasteiger partial charge in [0.25, 0.3) is 5.16 Å². The van der Waals surface area contributed by atoms with E-state index >= 15 is 0 Å². The second-order valence-electron chi connectivity index (χ2n) is 14.5. The quantitative estimate of drug-likeness (QED) is 0.101. The molecule has 4 rings (SSSR count). The predicted molar refractivity (Wildman–Crippen MR) is 180 cm³/mol. The number of unbranched alkanes of at least 4 members (excludes halogenated alkanes) is 1. The third kappa shape index (κ3) is 9.78. The van der Waals surface area contributed by atoms with Crippen molar-refractivity contribution in [2.24, 2.45) is 5.92 Å². The molecular weight excluding hydrogens is 641 g/mol. The van der Waals surface area contributed by atoms with Crippen LogP contribution in [0.5, 0.6) is 0 Å². The maximum absolute atomic E-state index is 13.5. The van der Waals surface area contributed by atoms with Gasteiger partial charge in [-0.05, 0) is 73.8 Å². The topological polar surface area (TPSA) is 133 Å². The zero-order valence-corrected chi connectivity index (χ0v) is 31.2. The Labute approximate surface area is 281 Å². The van der Waals surface area contributed by atoms with Crippen LogP contribution in [0.4, 0.5) is 0 Å². The number of allylic oxidation sites excluding steroid dienone is 1. The Hall–Kier alpha value is -2.04. The third-order valence-corrected chi connectivity index (χ3v) is 15.5. The fourth-order valence-corrected chi connectivity index (χ4v) is 8.08. The molecule has 0 aliphatic carbocycles. The summed E-state index contributed by atoms with van der Waals surface area (Å²) in [6, 6.07) is 8.95. The summed E-state index contributed by atoms with van der Waals surface area (Å²) in [4.78, 5) is 0. The van der Waals surface area contributed by atoms with Crippen molar-refractivity contribution >= 4 is 18.2 Å². The average molecular weight is 695 g/mol. The normalized spacial score (nSPS) is 27.1. The van der Waals surface area contributed by atoms with E-state index < -0.39 is 42.3 Å². The van der Waals surface area contributed by atoms with Crippen molar-refractivity contribution in [3.05, 3.63) is 42.5 Å². The summed E-state index contributed by atoms with van der Waals surface area (Å²) >= 11 is 0. The minimum Gasteiger partial charge on any atom is -0.417 e. The van der Waals surface area contributed by atoms with Crippen LogP contribution >= 0.6 is 0 Å². The summed E-state index contributed by atoms with van der Waals surface area (Å²) in [5.41, 5.74) is 0.565. The highest BCUT2D eigenvalue weighted by molar-refractivity contribution is 7.91. The number of sulfone groups is 1. The van der Waals surface area contributed by atoms with Crippen molar-refractivity contribution in [2.75, 3.05) is 26.3 Å². The summed E-state index contributed by atoms with van der Waals surface area (Å²) < 4.78 is 65.4. The first-order chi connectivity index (χ1) is 22.0. The summed E-state index contributed by atoms with van der Waals surface area (Å²) in [5.74, 6) is -1.12. The third-order valence-electron chi connectivity index (χ3n) is 9.42. The maximum atomic E-state index is 13.5. The molecule has 1 aromatic carbocycles. The highest BCUT2D eigenvalue weighted by Gasteiger charge is 2.49. The first-order valence-electron chi connectivity index (χ1n) is 16.5. The van der Waals surface area contributed by atoms with E-state index in [0.717, 1.165) is 19.4 Å². The van der Waals surface area contributed by atoms with Gasteiger partial charge >= 0.3 is 0 Å². The van der Waals surface area contributed by atoms with Crippen LogP contribution in [0, 0.1) is 5.92 Å². The van der Waals surface area contributed by atoms with Crippen LogP contribution in [0.15, 0.2) is 47.6 Å². The number of nitrogens with zero attached hydrogens (tertiary/aromatic N) is 4. The van der Waals surface area contributed by atoms with Gasteiger partial charge < -0.3 is 28.1 Å². The minimum atomic E-state index is -3.85. The molecule has 2 aliphatic rings. The molecule has 0 spiro atoms. The van der Waals surface area contributed by atoms with E-state index in [1.807, 2.05) is 26.8 Å². The Kier molecular flexibility index (Phi) is 12.6. The highest BCUT2D eigenvalue weighted by atomic mass is 32.2. The summed E-state index contributed by atoms with van der Waals surface area (Å²) in [6.45, 7) is 17.9. The van der Waals surface area contributed by atoms with Gasteiger partial charge in [-0.3, -0.25) is 0 Å². The molecule has 2 saturated heterocycles. The van der Waals surface area contributed by atoms with Gasteiger partial charge in [0.1, 0.15) is 19.0 Å². The summed E-state index contributed by atoms with van der Waals surface area (Å²) in [7, 11) is -4.05. The van der Waals surface area contributed by atoms with Crippen LogP contribution in [-0.2, 0) is 37.9 Å². The molecular formula is C33H54N4O8SSi. The van der Waals surface area contributed by atoms with Crippen molar-refractivity contribution < 1.29 is 36.5 Å². The molecule has 0 bridgehead atoms. The SMILES string of the molecule is COCO[C@H]1C[C@H]([C@H]2OC(C)(C)O[C@H]2/C=C/CCCO[Si](C)(C)C(C)(C)C)O[C@H](CCS(=O)(=O)c2nnnn2-c2ccccc2)[C@@H]1C. The van der Waals surface area contributed by atoms with E-state index in [0.29, 0.717) is 12.1 Å². The molecule has 2 aromatic rings. The zero-order chi connectivity index (χ0) is 34.5. The molecule has 2 aliphatic heterocycles. The van der Waals surface area contributed by atoms with Gasteiger partial charge in [0.05, 0.1) is 29.8 Å². The molecule has 1 aromatic heterocycles. The van der Waals surface area contributed by atoms with Crippen LogP contribution in [0.3, 0.4) is 0 Å². The van der Waals surface area contributed by atoms with Crippen molar-refractivity contribution in [1.29, 1.82) is 0 Å². The second-order valence-corrected chi connectivity index (χ2v) is 21.3. The van der Waals surface area contributed by atoms with E-state index in [-0.39, 0.29) is 47.3 Å². The van der Waals surface area contributed by atoms with E-state index in [4.69, 9.17) is 28.1 Å². The van der Waals surface area contributed by atoms with Gasteiger partial charge in [-0.1, -0.05) is 63.1 Å². The number of ether oxygens (including phenoxy) is 5. The lowest BCUT2D eigenvalue weighted by molar-refractivity contribution is -0.211. The van der Waals surface area contributed by atoms with Crippen LogP contribution in [0.2, 0.25) is 18.1 Å². The van der Waals surface area contributed by atoms with E-state index in [2.05, 4.69) is 61.5 Å². The fraction of sp³-hybridized carbons (Fsp3) is 0.727. The van der Waals surface area contributed by atoms with Crippen LogP contribution < -0.4 is 0 Å². The van der Waals surface area contributed by atoms with Gasteiger partial charge in [-0.2, -0.15) is 4.68 Å². The Morgan fingerprint density at radius 1 is 1.15 bits per heavy atom. The molecule has 3 heterocycles. The van der Waals surface area contributed by atoms with Crippen LogP contribution in [0.1, 0.15) is 67.2 Å². The fourth-order valence-electron chi connectivity index (χ4n) is 5.70. The standard InChI is InChI=1S/C33H54N4O8SSi/c1-24-26(19-21-46(38,39)31-34-35-36-37(31)25-16-12-10-13-17-25)43-29(22-28(24)41-23-40-7)30-27(44-33(5,6)45-30)18-14-11-15-20-42-47(8,9)32(2,3)4/h10,12-14,16-18,24,26-30H,11,15,19-23H2,1-9H3/b18-14+/t24-,26+,27-,28-,29+,30-/m0/s1. The Morgan fingerprint density at radius 2 is 1.87 bits per heavy atom. The molecule has 0 saturated carbocycles. The van der Waals surface area contributed by atoms with Gasteiger partial charge in [0.15, 0.2) is 14.1 Å². The van der Waals surface area contributed by atoms with Gasteiger partial charge in [-0.15, -0.1) is 0 Å². The molecule has 6 atom stereocenters. The molecule has 0 unspecified atom stereocenters. The monoisotopic (exact) mass is 694 g/mol. The second kappa shape index (κ2) is 15.7. The number of tetrazole rings is 1. The van der Waals surface area contributed by atoms with E-state index in [9.17, 15) is 8.42 Å². The number of hydrogen-bond acceptors (Lipinski definition) is 11. The molecule has 0 amide bonds. The Balaban J connectivity index is 1.44. The van der Waals surface area contributed by atoms with Gasteiger partial charge in [0, 0.05) is 26.1 Å². The average Bonchev–Trinajstić information content (AvgIpc) is 3.62. The molecule has 14 heteroatoms. The number of benzene rings is 1. The van der Waals surface area contributed by atoms with E-state index in [1.165, 1.54) is 4.68 Å². The van der Waals surface area contributed by atoms with Crippen molar-refractivity contribution in [3.63, 3.8) is 0 Å². The molecule has 0 radical (unpaired) electrons. The number of aromatic nitrogens is 4. The van der Waals surface area contributed by atoms with Gasteiger partial charge in [0.2, 0.25) is 9.84 Å². The molecule has 47 heavy (non-hydrogen) atoms. The van der Waals surface area contributed by atoms with E-state index in [1.54, 1.807) is 31.4 Å². The lowest BCUT2D eigenvalue weighted by atomic mass is 9.86. The van der Waals surface area contributed by atoms with Crippen LogP contribution in [0.25, 0.3) is 5.69 Å². The Bertz CT molecular complexity index is 1410. The number of methoxy groups -OCH3 is 1. The number of para-hydroxylation sites is 1.